The monoisotopic (exact) mass is 261 g/mol. The zero-order valence-electron chi connectivity index (χ0n) is 11.4. The summed E-state index contributed by atoms with van der Waals surface area (Å²) in [5.41, 5.74) is 4.37. The van der Waals surface area contributed by atoms with E-state index in [4.69, 9.17) is 0 Å². The van der Waals surface area contributed by atoms with Gasteiger partial charge in [-0.05, 0) is 26.3 Å². The highest BCUT2D eigenvalue weighted by atomic mass is 16.2. The van der Waals surface area contributed by atoms with Crippen molar-refractivity contribution in [2.75, 3.05) is 0 Å². The van der Waals surface area contributed by atoms with E-state index >= 15 is 0 Å². The lowest BCUT2D eigenvalue weighted by atomic mass is 10.2. The van der Waals surface area contributed by atoms with Crippen LogP contribution in [0.15, 0.2) is 29.4 Å². The molecule has 0 bridgehead atoms. The van der Waals surface area contributed by atoms with Gasteiger partial charge in [0, 0.05) is 6.04 Å². The van der Waals surface area contributed by atoms with Gasteiger partial charge >= 0.3 is 0 Å². The topological polar surface area (TPSA) is 70.6 Å². The Morgan fingerprint density at radius 3 is 2.42 bits per heavy atom. The number of carbonyl (C=O) groups is 2. The van der Waals surface area contributed by atoms with Gasteiger partial charge in [0.05, 0.1) is 6.21 Å². The molecular weight excluding hydrogens is 242 g/mol. The molecule has 1 aromatic carbocycles. The van der Waals surface area contributed by atoms with E-state index < -0.39 is 5.91 Å². The maximum absolute atomic E-state index is 11.4. The van der Waals surface area contributed by atoms with E-state index in [-0.39, 0.29) is 18.4 Å². The number of nitrogens with zero attached hydrogens (tertiary/aromatic N) is 1. The predicted octanol–water partition coefficient (Wildman–Crippen LogP) is 1.36. The minimum atomic E-state index is -0.429. The molecule has 5 heteroatoms. The van der Waals surface area contributed by atoms with Gasteiger partial charge in [-0.3, -0.25) is 9.59 Å². The van der Waals surface area contributed by atoms with Crippen molar-refractivity contribution in [3.05, 3.63) is 35.4 Å². The van der Waals surface area contributed by atoms with Crippen LogP contribution in [0.3, 0.4) is 0 Å². The van der Waals surface area contributed by atoms with Gasteiger partial charge in [0.15, 0.2) is 0 Å². The first-order valence-corrected chi connectivity index (χ1v) is 6.15. The maximum Gasteiger partial charge on any atom is 0.249 e. The largest absolute Gasteiger partial charge is 0.353 e. The second-order valence-corrected chi connectivity index (χ2v) is 4.60. The van der Waals surface area contributed by atoms with Gasteiger partial charge < -0.3 is 5.32 Å². The Morgan fingerprint density at radius 2 is 1.84 bits per heavy atom. The van der Waals surface area contributed by atoms with Crippen molar-refractivity contribution >= 4 is 18.0 Å². The molecule has 0 spiro atoms. The molecule has 0 atom stereocenters. The molecule has 0 aromatic heterocycles. The third-order valence-electron chi connectivity index (χ3n) is 2.25. The third kappa shape index (κ3) is 6.35. The molecule has 2 N–H and O–H groups in total. The lowest BCUT2D eigenvalue weighted by Crippen LogP contribution is -2.34. The van der Waals surface area contributed by atoms with Crippen LogP contribution < -0.4 is 10.7 Å². The van der Waals surface area contributed by atoms with E-state index in [0.717, 1.165) is 11.1 Å². The van der Waals surface area contributed by atoms with Crippen LogP contribution >= 0.6 is 0 Å². The van der Waals surface area contributed by atoms with E-state index in [1.54, 1.807) is 0 Å². The van der Waals surface area contributed by atoms with E-state index in [1.807, 2.05) is 45.0 Å². The molecule has 1 aromatic rings. The maximum atomic E-state index is 11.4. The van der Waals surface area contributed by atoms with E-state index in [2.05, 4.69) is 15.8 Å². The number of hydrogen-bond acceptors (Lipinski definition) is 3. The first kappa shape index (κ1) is 14.9. The molecule has 0 unspecified atom stereocenters. The number of benzene rings is 1. The first-order chi connectivity index (χ1) is 8.97. The second-order valence-electron chi connectivity index (χ2n) is 4.60. The summed E-state index contributed by atoms with van der Waals surface area (Å²) in [4.78, 5) is 22.7. The summed E-state index contributed by atoms with van der Waals surface area (Å²) in [7, 11) is 0. The van der Waals surface area contributed by atoms with Gasteiger partial charge in [0.2, 0.25) is 11.8 Å². The first-order valence-electron chi connectivity index (χ1n) is 6.15. The number of amides is 2. The van der Waals surface area contributed by atoms with Gasteiger partial charge in [0.1, 0.15) is 6.42 Å². The number of hydrogen-bond donors (Lipinski definition) is 2. The molecule has 19 heavy (non-hydrogen) atoms. The summed E-state index contributed by atoms with van der Waals surface area (Å²) in [6.07, 6.45) is 1.32. The Hall–Kier alpha value is -2.17. The highest BCUT2D eigenvalue weighted by molar-refractivity contribution is 5.97. The van der Waals surface area contributed by atoms with Crippen molar-refractivity contribution in [2.24, 2.45) is 5.10 Å². The SMILES string of the molecule is Cc1ccc(/C=N/NC(=O)CC(=O)NC(C)C)cc1. The van der Waals surface area contributed by atoms with Crippen LogP contribution in [0.5, 0.6) is 0 Å². The zero-order valence-corrected chi connectivity index (χ0v) is 11.4. The summed E-state index contributed by atoms with van der Waals surface area (Å²) in [6.45, 7) is 5.67. The lowest BCUT2D eigenvalue weighted by molar-refractivity contribution is -0.129. The summed E-state index contributed by atoms with van der Waals surface area (Å²) in [5.74, 6) is -0.737. The average Bonchev–Trinajstić information content (AvgIpc) is 2.30. The number of aryl methyl sites for hydroxylation is 1. The van der Waals surface area contributed by atoms with Crippen LogP contribution in [0.4, 0.5) is 0 Å². The molecule has 0 fully saturated rings. The fourth-order valence-corrected chi connectivity index (χ4v) is 1.39. The van der Waals surface area contributed by atoms with Crippen LogP contribution in [-0.2, 0) is 9.59 Å². The summed E-state index contributed by atoms with van der Waals surface area (Å²) < 4.78 is 0. The van der Waals surface area contributed by atoms with Crippen LogP contribution in [0, 0.1) is 6.92 Å². The average molecular weight is 261 g/mol. The summed E-state index contributed by atoms with van der Waals surface area (Å²) >= 11 is 0. The fourth-order valence-electron chi connectivity index (χ4n) is 1.39. The van der Waals surface area contributed by atoms with Crippen LogP contribution in [0.1, 0.15) is 31.4 Å². The number of rotatable bonds is 5. The molecule has 0 aliphatic carbocycles. The van der Waals surface area contributed by atoms with Crippen LogP contribution in [0.2, 0.25) is 0 Å². The van der Waals surface area contributed by atoms with Crippen LogP contribution in [0.25, 0.3) is 0 Å². The lowest BCUT2D eigenvalue weighted by Gasteiger charge is -2.06. The molecule has 0 aliphatic heterocycles. The Balaban J connectivity index is 2.37. The molecule has 5 nitrogen and oxygen atoms in total. The molecule has 0 saturated heterocycles. The highest BCUT2D eigenvalue weighted by Crippen LogP contribution is 1.99. The molecule has 102 valence electrons. The summed E-state index contributed by atoms with van der Waals surface area (Å²) in [6, 6.07) is 7.74. The summed E-state index contributed by atoms with van der Waals surface area (Å²) in [5, 5.41) is 6.44. The van der Waals surface area contributed by atoms with Gasteiger partial charge in [0.25, 0.3) is 0 Å². The van der Waals surface area contributed by atoms with E-state index in [9.17, 15) is 9.59 Å². The Kier molecular flexibility index (Phi) is 5.73. The smallest absolute Gasteiger partial charge is 0.249 e. The third-order valence-corrected chi connectivity index (χ3v) is 2.25. The predicted molar refractivity (Wildman–Crippen MR) is 74.8 cm³/mol. The zero-order chi connectivity index (χ0) is 14.3. The van der Waals surface area contributed by atoms with Crippen LogP contribution in [-0.4, -0.2) is 24.1 Å². The van der Waals surface area contributed by atoms with Crippen molar-refractivity contribution in [2.45, 2.75) is 33.2 Å². The molecule has 0 aliphatic rings. The second kappa shape index (κ2) is 7.31. The van der Waals surface area contributed by atoms with Crippen molar-refractivity contribution in [1.82, 2.24) is 10.7 Å². The van der Waals surface area contributed by atoms with E-state index in [1.165, 1.54) is 6.21 Å². The van der Waals surface area contributed by atoms with Gasteiger partial charge in [-0.15, -0.1) is 0 Å². The van der Waals surface area contributed by atoms with Gasteiger partial charge in [-0.25, -0.2) is 5.43 Å². The molecular formula is C14H19N3O2. The molecule has 0 saturated carbocycles. The van der Waals surface area contributed by atoms with Crippen molar-refractivity contribution < 1.29 is 9.59 Å². The minimum absolute atomic E-state index is 0.0244. The molecule has 1 rings (SSSR count). The number of hydrazone groups is 1. The van der Waals surface area contributed by atoms with E-state index in [0.29, 0.717) is 0 Å². The minimum Gasteiger partial charge on any atom is -0.353 e. The normalized spacial score (nSPS) is 10.7. The van der Waals surface area contributed by atoms with Crippen molar-refractivity contribution in [3.8, 4) is 0 Å². The quantitative estimate of drug-likeness (QED) is 0.477. The molecule has 0 heterocycles. The fraction of sp³-hybridized carbons (Fsp3) is 0.357. The van der Waals surface area contributed by atoms with Crippen molar-refractivity contribution in [1.29, 1.82) is 0 Å². The highest BCUT2D eigenvalue weighted by Gasteiger charge is 2.08. The Morgan fingerprint density at radius 1 is 1.21 bits per heavy atom. The number of carbonyl (C=O) groups excluding carboxylic acids is 2. The Bertz CT molecular complexity index is 464. The van der Waals surface area contributed by atoms with Gasteiger partial charge in [-0.2, -0.15) is 5.10 Å². The van der Waals surface area contributed by atoms with Gasteiger partial charge in [-0.1, -0.05) is 29.8 Å². The standard InChI is InChI=1S/C14H19N3O2/c1-10(2)16-13(18)8-14(19)17-15-9-12-6-4-11(3)5-7-12/h4-7,9-10H,8H2,1-3H3,(H,16,18)(H,17,19)/b15-9+. The molecule has 0 radical (unpaired) electrons. The molecule has 2 amide bonds. The Labute approximate surface area is 113 Å². The number of nitrogens with one attached hydrogen (secondary N) is 2. The van der Waals surface area contributed by atoms with Crippen molar-refractivity contribution in [3.63, 3.8) is 0 Å².